The first kappa shape index (κ1) is 23.9. The number of fused-ring (bicyclic) bond motifs is 1. The summed E-state index contributed by atoms with van der Waals surface area (Å²) in [7, 11) is -3.45. The molecule has 8 heteroatoms. The number of anilines is 1. The van der Waals surface area contributed by atoms with Crippen LogP contribution in [0.5, 0.6) is 5.75 Å². The number of furan rings is 1. The van der Waals surface area contributed by atoms with Crippen molar-refractivity contribution in [1.82, 2.24) is 0 Å². The molecule has 3 aromatic rings. The highest BCUT2D eigenvalue weighted by Crippen LogP contribution is 2.34. The van der Waals surface area contributed by atoms with Gasteiger partial charge in [0.15, 0.2) is 0 Å². The lowest BCUT2D eigenvalue weighted by Crippen LogP contribution is -2.12. The van der Waals surface area contributed by atoms with Crippen LogP contribution in [0.4, 0.5) is 5.69 Å². The second-order valence-corrected chi connectivity index (χ2v) is 10.7. The van der Waals surface area contributed by atoms with Crippen LogP contribution in [0.2, 0.25) is 0 Å². The van der Waals surface area contributed by atoms with Crippen molar-refractivity contribution in [1.29, 1.82) is 0 Å². The molecule has 1 heterocycles. The van der Waals surface area contributed by atoms with Crippen LogP contribution in [0.15, 0.2) is 52.0 Å². The molecule has 0 unspecified atom stereocenters. The van der Waals surface area contributed by atoms with Crippen molar-refractivity contribution in [2.24, 2.45) is 0 Å². The highest BCUT2D eigenvalue weighted by Gasteiger charge is 2.19. The van der Waals surface area contributed by atoms with Crippen LogP contribution in [0.25, 0.3) is 0 Å². The largest absolute Gasteiger partial charge is 0.487 e. The minimum absolute atomic E-state index is 0.0100. The summed E-state index contributed by atoms with van der Waals surface area (Å²) in [6.07, 6.45) is 3.56. The van der Waals surface area contributed by atoms with Crippen molar-refractivity contribution in [2.75, 3.05) is 17.6 Å². The van der Waals surface area contributed by atoms with E-state index in [1.807, 2.05) is 6.92 Å². The minimum Gasteiger partial charge on any atom is -0.487 e. The van der Waals surface area contributed by atoms with Crippen molar-refractivity contribution >= 4 is 21.5 Å². The number of rotatable bonds is 10. The molecule has 1 aromatic heterocycles. The Hall–Kier alpha value is -3.26. The Balaban J connectivity index is 1.43. The average Bonchev–Trinajstić information content (AvgIpc) is 3.44. The standard InChI is InChI=1S/C26H29NO6S/c1-17-13-21(26(28)29)8-9-22(17)16-32-24-15-20-6-3-5-19(20)14-23(24)27-11-4-12-34(30,31)25-10-7-18(2)33-25/h7-10,13-15,27H,3-6,11-12,16H2,1-2H3,(H,28,29). The number of ether oxygens (including phenoxy) is 1. The zero-order chi connectivity index (χ0) is 24.3. The molecular weight excluding hydrogens is 454 g/mol. The summed E-state index contributed by atoms with van der Waals surface area (Å²) >= 11 is 0. The SMILES string of the molecule is Cc1ccc(S(=O)(=O)CCCNc2cc3c(cc2OCc2ccc(C(=O)O)cc2C)CCC3)o1. The van der Waals surface area contributed by atoms with Gasteiger partial charge in [0, 0.05) is 6.54 Å². The highest BCUT2D eigenvalue weighted by molar-refractivity contribution is 7.91. The second kappa shape index (κ2) is 9.93. The summed E-state index contributed by atoms with van der Waals surface area (Å²) in [5.74, 6) is 0.324. The number of hydrogen-bond acceptors (Lipinski definition) is 6. The predicted octanol–water partition coefficient (Wildman–Crippen LogP) is 4.94. The Bertz CT molecular complexity index is 1310. The van der Waals surface area contributed by atoms with E-state index in [1.165, 1.54) is 17.2 Å². The van der Waals surface area contributed by atoms with Gasteiger partial charge in [-0.25, -0.2) is 13.2 Å². The van der Waals surface area contributed by atoms with Gasteiger partial charge in [0.25, 0.3) is 0 Å². The fourth-order valence-corrected chi connectivity index (χ4v) is 5.43. The van der Waals surface area contributed by atoms with E-state index in [0.29, 0.717) is 31.1 Å². The third-order valence-electron chi connectivity index (χ3n) is 6.09. The van der Waals surface area contributed by atoms with Crippen LogP contribution in [-0.2, 0) is 29.3 Å². The molecule has 7 nitrogen and oxygen atoms in total. The van der Waals surface area contributed by atoms with E-state index < -0.39 is 15.8 Å². The third kappa shape index (κ3) is 5.44. The lowest BCUT2D eigenvalue weighted by Gasteiger charge is -2.16. The first-order chi connectivity index (χ1) is 16.2. The molecule has 0 amide bonds. The number of aromatic carboxylic acids is 1. The molecule has 0 fully saturated rings. The van der Waals surface area contributed by atoms with E-state index in [9.17, 15) is 18.3 Å². The fraction of sp³-hybridized carbons (Fsp3) is 0.346. The molecule has 0 aliphatic heterocycles. The molecule has 34 heavy (non-hydrogen) atoms. The molecule has 4 rings (SSSR count). The number of benzene rings is 2. The van der Waals surface area contributed by atoms with Crippen LogP contribution >= 0.6 is 0 Å². The third-order valence-corrected chi connectivity index (χ3v) is 7.75. The first-order valence-corrected chi connectivity index (χ1v) is 13.0. The maximum absolute atomic E-state index is 12.5. The number of sulfone groups is 1. The maximum atomic E-state index is 12.5. The lowest BCUT2D eigenvalue weighted by atomic mass is 10.1. The normalized spacial score (nSPS) is 13.0. The summed E-state index contributed by atoms with van der Waals surface area (Å²) in [6.45, 7) is 4.37. The maximum Gasteiger partial charge on any atom is 0.335 e. The number of carbonyl (C=O) groups is 1. The second-order valence-electron chi connectivity index (χ2n) is 8.67. The summed E-state index contributed by atoms with van der Waals surface area (Å²) < 4.78 is 36.3. The summed E-state index contributed by atoms with van der Waals surface area (Å²) in [6, 6.07) is 12.3. The highest BCUT2D eigenvalue weighted by atomic mass is 32.2. The van der Waals surface area contributed by atoms with Crippen molar-refractivity contribution < 1.29 is 27.5 Å². The lowest BCUT2D eigenvalue weighted by molar-refractivity contribution is 0.0696. The number of nitrogens with one attached hydrogen (secondary N) is 1. The molecule has 180 valence electrons. The van der Waals surface area contributed by atoms with Crippen molar-refractivity contribution in [2.45, 2.75) is 51.2 Å². The van der Waals surface area contributed by atoms with E-state index >= 15 is 0 Å². The zero-order valence-electron chi connectivity index (χ0n) is 19.4. The minimum atomic E-state index is -3.45. The quantitative estimate of drug-likeness (QED) is 0.394. The van der Waals surface area contributed by atoms with Crippen LogP contribution in [-0.4, -0.2) is 31.8 Å². The first-order valence-electron chi connectivity index (χ1n) is 11.4. The molecule has 2 N–H and O–H groups in total. The van der Waals surface area contributed by atoms with Crippen LogP contribution in [0.1, 0.15) is 51.2 Å². The van der Waals surface area contributed by atoms with E-state index in [4.69, 9.17) is 9.15 Å². The Morgan fingerprint density at radius 2 is 1.85 bits per heavy atom. The molecule has 0 saturated carbocycles. The molecule has 0 spiro atoms. The fourth-order valence-electron chi connectivity index (χ4n) is 4.17. The van der Waals surface area contributed by atoms with Gasteiger partial charge in [-0.05, 0) is 98.2 Å². The molecule has 0 atom stereocenters. The van der Waals surface area contributed by atoms with Crippen LogP contribution in [0.3, 0.4) is 0 Å². The van der Waals surface area contributed by atoms with E-state index in [0.717, 1.165) is 36.1 Å². The monoisotopic (exact) mass is 483 g/mol. The van der Waals surface area contributed by atoms with Crippen LogP contribution in [0, 0.1) is 13.8 Å². The Kier molecular flexibility index (Phi) is 6.97. The number of carboxylic acids is 1. The molecular formula is C26H29NO6S. The molecule has 1 aliphatic carbocycles. The molecule has 0 saturated heterocycles. The van der Waals surface area contributed by atoms with E-state index in [2.05, 4.69) is 17.4 Å². The molecule has 0 bridgehead atoms. The van der Waals surface area contributed by atoms with Crippen LogP contribution < -0.4 is 10.1 Å². The number of aryl methyl sites for hydroxylation is 4. The Morgan fingerprint density at radius 1 is 1.09 bits per heavy atom. The Morgan fingerprint density at radius 3 is 2.53 bits per heavy atom. The predicted molar refractivity (Wildman–Crippen MR) is 130 cm³/mol. The summed E-state index contributed by atoms with van der Waals surface area (Å²) in [5.41, 5.74) is 5.42. The van der Waals surface area contributed by atoms with Crippen molar-refractivity contribution in [3.63, 3.8) is 0 Å². The van der Waals surface area contributed by atoms with Gasteiger partial charge in [-0.2, -0.15) is 0 Å². The van der Waals surface area contributed by atoms with Gasteiger partial charge in [0.05, 0.1) is 17.0 Å². The van der Waals surface area contributed by atoms with E-state index in [-0.39, 0.29) is 16.4 Å². The van der Waals surface area contributed by atoms with Crippen molar-refractivity contribution in [3.8, 4) is 5.75 Å². The topological polar surface area (TPSA) is 106 Å². The summed E-state index contributed by atoms with van der Waals surface area (Å²) in [4.78, 5) is 11.2. The van der Waals surface area contributed by atoms with Gasteiger partial charge in [0.1, 0.15) is 18.1 Å². The smallest absolute Gasteiger partial charge is 0.335 e. The number of hydrogen-bond donors (Lipinski definition) is 2. The Labute approximate surface area is 199 Å². The van der Waals surface area contributed by atoms with Gasteiger partial charge in [-0.3, -0.25) is 0 Å². The molecule has 0 radical (unpaired) electrons. The van der Waals surface area contributed by atoms with Crippen molar-refractivity contribution in [3.05, 3.63) is 76.0 Å². The average molecular weight is 484 g/mol. The van der Waals surface area contributed by atoms with Gasteiger partial charge in [0.2, 0.25) is 14.9 Å². The number of carboxylic acid groups (broad SMARTS) is 1. The van der Waals surface area contributed by atoms with Gasteiger partial charge in [-0.15, -0.1) is 0 Å². The van der Waals surface area contributed by atoms with Gasteiger partial charge in [-0.1, -0.05) is 6.07 Å². The molecule has 1 aliphatic rings. The van der Waals surface area contributed by atoms with Gasteiger partial charge < -0.3 is 19.6 Å². The van der Waals surface area contributed by atoms with E-state index in [1.54, 1.807) is 31.2 Å². The van der Waals surface area contributed by atoms with Gasteiger partial charge >= 0.3 is 5.97 Å². The zero-order valence-corrected chi connectivity index (χ0v) is 20.2. The summed E-state index contributed by atoms with van der Waals surface area (Å²) in [5, 5.41) is 12.5. The molecule has 2 aromatic carbocycles.